The van der Waals surface area contributed by atoms with Crippen LogP contribution in [0.5, 0.6) is 0 Å². The number of hydrogen-bond acceptors (Lipinski definition) is 4. The fraction of sp³-hybridized carbons (Fsp3) is 0.611. The molecule has 27 heavy (non-hydrogen) atoms. The molecule has 0 N–H and O–H groups in total. The molecule has 0 bridgehead atoms. The van der Waals surface area contributed by atoms with Gasteiger partial charge in [0.05, 0.1) is 5.52 Å². The zero-order valence-corrected chi connectivity index (χ0v) is 17.9. The Labute approximate surface area is 164 Å². The van der Waals surface area contributed by atoms with Gasteiger partial charge in [-0.2, -0.15) is 0 Å². The van der Waals surface area contributed by atoms with Gasteiger partial charge < -0.3 is 9.64 Å². The summed E-state index contributed by atoms with van der Waals surface area (Å²) in [6.45, 7) is 8.87. The molecule has 0 radical (unpaired) electrons. The summed E-state index contributed by atoms with van der Waals surface area (Å²) in [5.74, 6) is 0. The number of rotatable bonds is 6. The van der Waals surface area contributed by atoms with Crippen LogP contribution in [-0.2, 0) is 11.5 Å². The molecular formula is C18H27ClN4O3Si. The number of carbonyl (C=O) groups is 1. The Hall–Kier alpha value is -1.64. The standard InChI is InChI=1S/C18H27ClN4O3Si/c1-27(2,3)12-11-26-13-22-16-15(5-4-8-20-16)23(18(22)25)14-6-9-21(10-7-14)17(19)24/h4-5,8,14H,6-7,9-13H2,1-3H3. The van der Waals surface area contributed by atoms with Gasteiger partial charge in [-0.25, -0.2) is 9.78 Å². The van der Waals surface area contributed by atoms with Crippen LogP contribution in [0.4, 0.5) is 4.79 Å². The van der Waals surface area contributed by atoms with E-state index in [2.05, 4.69) is 24.6 Å². The zero-order valence-electron chi connectivity index (χ0n) is 16.2. The van der Waals surface area contributed by atoms with E-state index in [1.54, 1.807) is 20.2 Å². The number of fused-ring (bicyclic) bond motifs is 1. The van der Waals surface area contributed by atoms with E-state index in [1.807, 2.05) is 12.1 Å². The van der Waals surface area contributed by atoms with Gasteiger partial charge in [-0.05, 0) is 42.6 Å². The summed E-state index contributed by atoms with van der Waals surface area (Å²) in [5.41, 5.74) is 1.35. The SMILES string of the molecule is C[Si](C)(C)CCOCn1c(=O)n(C2CCN(C(=O)Cl)CC2)c2cccnc21. The fourth-order valence-electron chi connectivity index (χ4n) is 3.41. The lowest BCUT2D eigenvalue weighted by atomic mass is 10.1. The van der Waals surface area contributed by atoms with Gasteiger partial charge in [0, 0.05) is 40.0 Å². The molecule has 148 valence electrons. The maximum Gasteiger partial charge on any atom is 0.332 e. The van der Waals surface area contributed by atoms with Crippen molar-refractivity contribution in [2.24, 2.45) is 0 Å². The molecule has 0 spiro atoms. The molecule has 0 aliphatic carbocycles. The predicted molar refractivity (Wildman–Crippen MR) is 109 cm³/mol. The van der Waals surface area contributed by atoms with Gasteiger partial charge in [0.15, 0.2) is 5.65 Å². The molecule has 7 nitrogen and oxygen atoms in total. The summed E-state index contributed by atoms with van der Waals surface area (Å²) in [4.78, 5) is 30.5. The molecule has 1 saturated heterocycles. The third-order valence-corrected chi connectivity index (χ3v) is 6.96. The Kier molecular flexibility index (Phi) is 6.07. The molecule has 1 aliphatic heterocycles. The molecule has 2 aromatic heterocycles. The van der Waals surface area contributed by atoms with E-state index in [-0.39, 0.29) is 18.5 Å². The van der Waals surface area contributed by atoms with Gasteiger partial charge in [-0.15, -0.1) is 0 Å². The van der Waals surface area contributed by atoms with E-state index >= 15 is 0 Å². The number of carbonyl (C=O) groups excluding carboxylic acids is 1. The van der Waals surface area contributed by atoms with Crippen LogP contribution in [0.3, 0.4) is 0 Å². The van der Waals surface area contributed by atoms with Gasteiger partial charge in [-0.1, -0.05) is 19.6 Å². The molecule has 3 rings (SSSR count). The largest absolute Gasteiger partial charge is 0.361 e. The van der Waals surface area contributed by atoms with Crippen molar-refractivity contribution in [1.29, 1.82) is 0 Å². The Morgan fingerprint density at radius 2 is 2.04 bits per heavy atom. The molecule has 3 heterocycles. The van der Waals surface area contributed by atoms with Crippen LogP contribution in [-0.4, -0.2) is 52.2 Å². The first-order valence-corrected chi connectivity index (χ1v) is 13.4. The lowest BCUT2D eigenvalue weighted by molar-refractivity contribution is 0.0862. The van der Waals surface area contributed by atoms with Crippen molar-refractivity contribution in [2.75, 3.05) is 19.7 Å². The van der Waals surface area contributed by atoms with Crippen molar-refractivity contribution >= 4 is 36.2 Å². The van der Waals surface area contributed by atoms with E-state index in [0.29, 0.717) is 38.2 Å². The third-order valence-electron chi connectivity index (χ3n) is 5.01. The first kappa shape index (κ1) is 20.1. The second kappa shape index (κ2) is 8.16. The van der Waals surface area contributed by atoms with Crippen LogP contribution in [0.25, 0.3) is 11.2 Å². The second-order valence-corrected chi connectivity index (χ2v) is 14.2. The molecule has 0 unspecified atom stereocenters. The molecule has 9 heteroatoms. The Balaban J connectivity index is 1.81. The monoisotopic (exact) mass is 410 g/mol. The number of hydrogen-bond donors (Lipinski definition) is 0. The van der Waals surface area contributed by atoms with Gasteiger partial charge in [0.1, 0.15) is 6.73 Å². The number of ether oxygens (including phenoxy) is 1. The molecule has 2 aromatic rings. The van der Waals surface area contributed by atoms with Crippen molar-refractivity contribution < 1.29 is 9.53 Å². The Bertz CT molecular complexity index is 866. The molecule has 0 atom stereocenters. The minimum Gasteiger partial charge on any atom is -0.361 e. The molecule has 1 amide bonds. The summed E-state index contributed by atoms with van der Waals surface area (Å²) in [5, 5.41) is -0.430. The van der Waals surface area contributed by atoms with Crippen molar-refractivity contribution in [3.8, 4) is 0 Å². The van der Waals surface area contributed by atoms with Crippen LogP contribution in [0.1, 0.15) is 18.9 Å². The van der Waals surface area contributed by atoms with E-state index < -0.39 is 13.4 Å². The predicted octanol–water partition coefficient (Wildman–Crippen LogP) is 3.51. The van der Waals surface area contributed by atoms with E-state index in [9.17, 15) is 9.59 Å². The number of aromatic nitrogens is 3. The number of pyridine rings is 1. The highest BCUT2D eigenvalue weighted by molar-refractivity contribution is 6.76. The number of amides is 1. The first-order valence-electron chi connectivity index (χ1n) is 9.36. The van der Waals surface area contributed by atoms with Crippen LogP contribution in [0.15, 0.2) is 23.1 Å². The van der Waals surface area contributed by atoms with Gasteiger partial charge in [-0.3, -0.25) is 13.9 Å². The number of imidazole rings is 1. The van der Waals surface area contributed by atoms with Crippen LogP contribution < -0.4 is 5.69 Å². The highest BCUT2D eigenvalue weighted by Crippen LogP contribution is 2.25. The first-order chi connectivity index (χ1) is 12.8. The van der Waals surface area contributed by atoms with Crippen molar-refractivity contribution in [1.82, 2.24) is 19.0 Å². The number of nitrogens with zero attached hydrogens (tertiary/aromatic N) is 4. The lowest BCUT2D eigenvalue weighted by Crippen LogP contribution is -2.39. The number of likely N-dealkylation sites (tertiary alicyclic amines) is 1. The smallest absolute Gasteiger partial charge is 0.332 e. The van der Waals surface area contributed by atoms with Crippen LogP contribution in [0, 0.1) is 0 Å². The Morgan fingerprint density at radius 1 is 1.33 bits per heavy atom. The second-order valence-electron chi connectivity index (χ2n) is 8.25. The van der Waals surface area contributed by atoms with Crippen molar-refractivity contribution in [2.45, 2.75) is 51.3 Å². The third kappa shape index (κ3) is 4.62. The van der Waals surface area contributed by atoms with E-state index in [4.69, 9.17) is 16.3 Å². The van der Waals surface area contributed by atoms with Gasteiger partial charge >= 0.3 is 11.1 Å². The molecule has 0 aromatic carbocycles. The summed E-state index contributed by atoms with van der Waals surface area (Å²) in [6.07, 6.45) is 3.09. The highest BCUT2D eigenvalue weighted by atomic mass is 35.5. The van der Waals surface area contributed by atoms with Crippen molar-refractivity contribution in [3.63, 3.8) is 0 Å². The minimum absolute atomic E-state index is 0.0275. The summed E-state index contributed by atoms with van der Waals surface area (Å²) >= 11 is 5.57. The molecule has 1 fully saturated rings. The summed E-state index contributed by atoms with van der Waals surface area (Å²) < 4.78 is 9.22. The lowest BCUT2D eigenvalue weighted by Gasteiger charge is -2.30. The Morgan fingerprint density at radius 3 is 2.67 bits per heavy atom. The maximum atomic E-state index is 13.1. The number of piperidine rings is 1. The van der Waals surface area contributed by atoms with Crippen LogP contribution >= 0.6 is 11.6 Å². The molecule has 1 aliphatic rings. The normalized spacial score (nSPS) is 16.2. The van der Waals surface area contributed by atoms with Gasteiger partial charge in [0.2, 0.25) is 0 Å². The van der Waals surface area contributed by atoms with Gasteiger partial charge in [0.25, 0.3) is 0 Å². The summed E-state index contributed by atoms with van der Waals surface area (Å²) in [7, 11) is -1.18. The minimum atomic E-state index is -1.18. The molecule has 0 saturated carbocycles. The molecular weight excluding hydrogens is 384 g/mol. The van der Waals surface area contributed by atoms with E-state index in [0.717, 1.165) is 11.6 Å². The highest BCUT2D eigenvalue weighted by Gasteiger charge is 2.27. The quantitative estimate of drug-likeness (QED) is 0.316. The maximum absolute atomic E-state index is 13.1. The summed E-state index contributed by atoms with van der Waals surface area (Å²) in [6, 6.07) is 4.84. The van der Waals surface area contributed by atoms with E-state index in [1.165, 1.54) is 0 Å². The van der Waals surface area contributed by atoms with Crippen molar-refractivity contribution in [3.05, 3.63) is 28.8 Å². The average molecular weight is 411 g/mol. The number of halogens is 1. The van der Waals surface area contributed by atoms with Crippen LogP contribution in [0.2, 0.25) is 25.7 Å². The average Bonchev–Trinajstić information content (AvgIpc) is 2.89. The fourth-order valence-corrected chi connectivity index (χ4v) is 4.34. The topological polar surface area (TPSA) is 69.4 Å². The zero-order chi connectivity index (χ0) is 19.6.